The van der Waals surface area contributed by atoms with Crippen LogP contribution in [0.5, 0.6) is 5.75 Å². The molecule has 2 aromatic rings. The molecule has 29 heavy (non-hydrogen) atoms. The van der Waals surface area contributed by atoms with Crippen molar-refractivity contribution in [2.75, 3.05) is 47.4 Å². The molecule has 1 unspecified atom stereocenters. The van der Waals surface area contributed by atoms with Crippen molar-refractivity contribution in [3.05, 3.63) is 47.8 Å². The number of rotatable bonds is 7. The highest BCUT2D eigenvalue weighted by Crippen LogP contribution is 2.26. The molecule has 1 aliphatic heterocycles. The summed E-state index contributed by atoms with van der Waals surface area (Å²) in [6, 6.07) is 8.26. The highest BCUT2D eigenvalue weighted by molar-refractivity contribution is 14.0. The monoisotopic (exact) mass is 512 g/mol. The summed E-state index contributed by atoms with van der Waals surface area (Å²) in [4.78, 5) is 8.93. The minimum atomic E-state index is 0. The lowest BCUT2D eigenvalue weighted by Crippen LogP contribution is -2.39. The summed E-state index contributed by atoms with van der Waals surface area (Å²) in [5, 5.41) is 7.80. The zero-order valence-electron chi connectivity index (χ0n) is 17.8. The average molecular weight is 512 g/mol. The fourth-order valence-electron chi connectivity index (χ4n) is 3.48. The lowest BCUT2D eigenvalue weighted by molar-refractivity contribution is 0.261. The van der Waals surface area contributed by atoms with E-state index in [1.165, 1.54) is 11.1 Å². The number of hydrogen-bond acceptors (Lipinski definition) is 4. The van der Waals surface area contributed by atoms with E-state index < -0.39 is 0 Å². The molecule has 3 rings (SSSR count). The Morgan fingerprint density at radius 3 is 2.90 bits per heavy atom. The first kappa shape index (κ1) is 23.5. The number of aliphatic imine (C=N–C) groups is 1. The predicted molar refractivity (Wildman–Crippen MR) is 128 cm³/mol. The maximum atomic E-state index is 5.84. The van der Waals surface area contributed by atoms with Crippen molar-refractivity contribution in [1.82, 2.24) is 24.9 Å². The van der Waals surface area contributed by atoms with E-state index in [2.05, 4.69) is 43.5 Å². The number of nitrogens with zero attached hydrogens (tertiary/aromatic N) is 5. The normalized spacial score (nSPS) is 16.8. The van der Waals surface area contributed by atoms with Crippen molar-refractivity contribution in [3.8, 4) is 5.75 Å². The molecule has 7 nitrogen and oxygen atoms in total. The maximum absolute atomic E-state index is 5.84. The topological polar surface area (TPSA) is 57.9 Å². The molecule has 0 bridgehead atoms. The van der Waals surface area contributed by atoms with Crippen LogP contribution < -0.4 is 10.1 Å². The van der Waals surface area contributed by atoms with Crippen molar-refractivity contribution in [3.63, 3.8) is 0 Å². The fourth-order valence-corrected chi connectivity index (χ4v) is 3.48. The molecule has 0 spiro atoms. The Hall–Kier alpha value is -1.81. The molecule has 0 amide bonds. The summed E-state index contributed by atoms with van der Waals surface area (Å²) >= 11 is 0. The molecule has 1 fully saturated rings. The standard InChI is InChI=1S/C21H32N6O.HI/c1-22-21(27-9-8-18(16-27)19-14-24-26(4)15-19)23-13-17-6-5-7-20(12-17)28-11-10-25(2)3;/h5-7,12,14-15,18H,8-11,13,16H2,1-4H3,(H,22,23);1H. The Balaban J connectivity index is 0.00000300. The van der Waals surface area contributed by atoms with Gasteiger partial charge in [-0.2, -0.15) is 5.10 Å². The first-order valence-corrected chi connectivity index (χ1v) is 9.85. The zero-order valence-corrected chi connectivity index (χ0v) is 20.2. The average Bonchev–Trinajstić information content (AvgIpc) is 3.32. The Bertz CT molecular complexity index is 791. The van der Waals surface area contributed by atoms with Crippen LogP contribution in [0.2, 0.25) is 0 Å². The van der Waals surface area contributed by atoms with Crippen LogP contribution in [-0.2, 0) is 13.6 Å². The third kappa shape index (κ3) is 6.88. The number of aromatic nitrogens is 2. The van der Waals surface area contributed by atoms with Gasteiger partial charge in [0.05, 0.1) is 6.20 Å². The van der Waals surface area contributed by atoms with E-state index in [1.54, 1.807) is 0 Å². The number of hydrogen-bond donors (Lipinski definition) is 1. The second-order valence-electron chi connectivity index (χ2n) is 7.58. The number of nitrogens with one attached hydrogen (secondary N) is 1. The van der Waals surface area contributed by atoms with E-state index in [0.29, 0.717) is 12.5 Å². The quantitative estimate of drug-likeness (QED) is 0.351. The molecule has 8 heteroatoms. The van der Waals surface area contributed by atoms with Crippen molar-refractivity contribution in [1.29, 1.82) is 0 Å². The Morgan fingerprint density at radius 1 is 1.38 bits per heavy atom. The van der Waals surface area contributed by atoms with Gasteiger partial charge in [-0.15, -0.1) is 24.0 Å². The number of aryl methyl sites for hydroxylation is 1. The van der Waals surface area contributed by atoms with Gasteiger partial charge in [0, 0.05) is 52.4 Å². The molecule has 1 saturated heterocycles. The number of benzene rings is 1. The van der Waals surface area contributed by atoms with Gasteiger partial charge in [0.2, 0.25) is 0 Å². The van der Waals surface area contributed by atoms with Crippen LogP contribution in [0.4, 0.5) is 0 Å². The summed E-state index contributed by atoms with van der Waals surface area (Å²) in [6.07, 6.45) is 5.22. The SMILES string of the molecule is CN=C(NCc1cccc(OCCN(C)C)c1)N1CCC(c2cnn(C)c2)C1.I. The zero-order chi connectivity index (χ0) is 19.9. The summed E-state index contributed by atoms with van der Waals surface area (Å²) in [7, 11) is 7.91. The molecule has 0 radical (unpaired) electrons. The Labute approximate surface area is 191 Å². The van der Waals surface area contributed by atoms with Gasteiger partial charge in [-0.05, 0) is 43.8 Å². The lowest BCUT2D eigenvalue weighted by Gasteiger charge is -2.21. The van der Waals surface area contributed by atoms with E-state index in [1.807, 2.05) is 51.2 Å². The number of halogens is 1. The molecule has 1 aromatic heterocycles. The van der Waals surface area contributed by atoms with Crippen molar-refractivity contribution < 1.29 is 4.74 Å². The molecule has 160 valence electrons. The molecule has 1 aromatic carbocycles. The fraction of sp³-hybridized carbons (Fsp3) is 0.524. The predicted octanol–water partition coefficient (Wildman–Crippen LogP) is 2.54. The number of ether oxygens (including phenoxy) is 1. The van der Waals surface area contributed by atoms with Crippen LogP contribution in [0.15, 0.2) is 41.7 Å². The van der Waals surface area contributed by atoms with Crippen LogP contribution in [0.25, 0.3) is 0 Å². The maximum Gasteiger partial charge on any atom is 0.193 e. The number of guanidine groups is 1. The summed E-state index contributed by atoms with van der Waals surface area (Å²) in [5.41, 5.74) is 2.49. The molecule has 1 aliphatic rings. The minimum absolute atomic E-state index is 0. The van der Waals surface area contributed by atoms with Crippen molar-refractivity contribution >= 4 is 29.9 Å². The number of likely N-dealkylation sites (N-methyl/N-ethyl adjacent to an activating group) is 1. The second-order valence-corrected chi connectivity index (χ2v) is 7.58. The third-order valence-corrected chi connectivity index (χ3v) is 5.05. The molecular weight excluding hydrogens is 479 g/mol. The van der Waals surface area contributed by atoms with E-state index in [-0.39, 0.29) is 24.0 Å². The van der Waals surface area contributed by atoms with Gasteiger partial charge in [-0.1, -0.05) is 12.1 Å². The third-order valence-electron chi connectivity index (χ3n) is 5.05. The molecular formula is C21H33IN6O. The first-order chi connectivity index (χ1) is 13.5. The van der Waals surface area contributed by atoms with Gasteiger partial charge in [0.1, 0.15) is 12.4 Å². The van der Waals surface area contributed by atoms with Crippen molar-refractivity contribution in [2.24, 2.45) is 12.0 Å². The molecule has 1 N–H and O–H groups in total. The second kappa shape index (κ2) is 11.4. The Morgan fingerprint density at radius 2 is 2.21 bits per heavy atom. The van der Waals surface area contributed by atoms with Gasteiger partial charge >= 0.3 is 0 Å². The van der Waals surface area contributed by atoms with Gasteiger partial charge in [-0.25, -0.2) is 0 Å². The summed E-state index contributed by atoms with van der Waals surface area (Å²) in [6.45, 7) is 4.30. The lowest BCUT2D eigenvalue weighted by atomic mass is 10.0. The van der Waals surface area contributed by atoms with Gasteiger partial charge in [0.15, 0.2) is 5.96 Å². The van der Waals surface area contributed by atoms with E-state index >= 15 is 0 Å². The highest BCUT2D eigenvalue weighted by atomic mass is 127. The van der Waals surface area contributed by atoms with Crippen LogP contribution in [0.3, 0.4) is 0 Å². The number of likely N-dealkylation sites (tertiary alicyclic amines) is 1. The Kier molecular flexibility index (Phi) is 9.22. The van der Waals surface area contributed by atoms with E-state index in [0.717, 1.165) is 44.3 Å². The van der Waals surface area contributed by atoms with E-state index in [4.69, 9.17) is 4.74 Å². The van der Waals surface area contributed by atoms with Crippen LogP contribution in [0, 0.1) is 0 Å². The van der Waals surface area contributed by atoms with E-state index in [9.17, 15) is 0 Å². The summed E-state index contributed by atoms with van der Waals surface area (Å²) in [5.74, 6) is 2.37. The molecule has 1 atom stereocenters. The van der Waals surface area contributed by atoms with Gasteiger partial charge in [-0.3, -0.25) is 9.67 Å². The van der Waals surface area contributed by atoms with Crippen LogP contribution in [0.1, 0.15) is 23.5 Å². The molecule has 0 aliphatic carbocycles. The van der Waals surface area contributed by atoms with Crippen LogP contribution >= 0.6 is 24.0 Å². The largest absolute Gasteiger partial charge is 0.492 e. The van der Waals surface area contributed by atoms with Crippen LogP contribution in [-0.4, -0.2) is 72.9 Å². The van der Waals surface area contributed by atoms with Gasteiger partial charge < -0.3 is 19.9 Å². The van der Waals surface area contributed by atoms with Crippen molar-refractivity contribution in [2.45, 2.75) is 18.9 Å². The summed E-state index contributed by atoms with van der Waals surface area (Å²) < 4.78 is 7.71. The smallest absolute Gasteiger partial charge is 0.193 e. The van der Waals surface area contributed by atoms with Gasteiger partial charge in [0.25, 0.3) is 0 Å². The minimum Gasteiger partial charge on any atom is -0.492 e. The highest BCUT2D eigenvalue weighted by Gasteiger charge is 2.26. The first-order valence-electron chi connectivity index (χ1n) is 9.85. The molecule has 2 heterocycles. The molecule has 0 saturated carbocycles.